The largest absolute Gasteiger partial charge is 0.508 e. The summed E-state index contributed by atoms with van der Waals surface area (Å²) in [5.41, 5.74) is 2.74. The molecule has 2 aliphatic rings. The van der Waals surface area contributed by atoms with Crippen LogP contribution in [0.15, 0.2) is 18.2 Å². The van der Waals surface area contributed by atoms with E-state index in [9.17, 15) is 5.11 Å². The van der Waals surface area contributed by atoms with Crippen LogP contribution >= 0.6 is 0 Å². The van der Waals surface area contributed by atoms with E-state index in [0.717, 1.165) is 26.0 Å². The summed E-state index contributed by atoms with van der Waals surface area (Å²) in [5, 5.41) is 9.60. The summed E-state index contributed by atoms with van der Waals surface area (Å²) in [6.07, 6.45) is 6.21. The molecular formula is C17H25NO2. The SMILES string of the molecule is CCCOC1CCCN(C2CCc3cc(O)ccc32)C1. The number of phenols is 1. The fourth-order valence-corrected chi connectivity index (χ4v) is 3.63. The number of likely N-dealkylation sites (tertiary alicyclic amines) is 1. The van der Waals surface area contributed by atoms with E-state index in [-0.39, 0.29) is 0 Å². The number of ether oxygens (including phenoxy) is 1. The van der Waals surface area contributed by atoms with Gasteiger partial charge in [0.15, 0.2) is 0 Å². The number of hydrogen-bond donors (Lipinski definition) is 1. The van der Waals surface area contributed by atoms with Crippen LogP contribution in [0.4, 0.5) is 0 Å². The number of phenolic OH excluding ortho intramolecular Hbond substituents is 1. The molecule has 110 valence electrons. The molecule has 0 bridgehead atoms. The van der Waals surface area contributed by atoms with Crippen LogP contribution in [-0.4, -0.2) is 35.8 Å². The third-order valence-electron chi connectivity index (χ3n) is 4.58. The molecule has 20 heavy (non-hydrogen) atoms. The van der Waals surface area contributed by atoms with Crippen molar-refractivity contribution in [1.82, 2.24) is 4.90 Å². The Morgan fingerprint density at radius 3 is 3.10 bits per heavy atom. The van der Waals surface area contributed by atoms with E-state index in [1.807, 2.05) is 12.1 Å². The summed E-state index contributed by atoms with van der Waals surface area (Å²) in [4.78, 5) is 2.59. The molecule has 0 saturated carbocycles. The third-order valence-corrected chi connectivity index (χ3v) is 4.58. The molecule has 0 spiro atoms. The van der Waals surface area contributed by atoms with Crippen molar-refractivity contribution in [1.29, 1.82) is 0 Å². The number of aromatic hydroxyl groups is 1. The first-order valence-corrected chi connectivity index (χ1v) is 7.95. The summed E-state index contributed by atoms with van der Waals surface area (Å²) in [6.45, 7) is 5.29. The van der Waals surface area contributed by atoms with Crippen LogP contribution in [0, 0.1) is 0 Å². The normalized spacial score (nSPS) is 26.6. The van der Waals surface area contributed by atoms with Crippen LogP contribution in [-0.2, 0) is 11.2 Å². The first-order chi connectivity index (χ1) is 9.78. The molecule has 1 N–H and O–H groups in total. The standard InChI is InChI=1S/C17H25NO2/c1-2-10-20-15-4-3-9-18(12-15)17-8-5-13-11-14(19)6-7-16(13)17/h6-7,11,15,17,19H,2-5,8-10,12H2,1H3. The molecule has 0 amide bonds. The van der Waals surface area contributed by atoms with Crippen molar-refractivity contribution in [3.8, 4) is 5.75 Å². The zero-order valence-corrected chi connectivity index (χ0v) is 12.3. The van der Waals surface area contributed by atoms with Gasteiger partial charge in [0.1, 0.15) is 5.75 Å². The van der Waals surface area contributed by atoms with Crippen molar-refractivity contribution < 1.29 is 9.84 Å². The van der Waals surface area contributed by atoms with Crippen LogP contribution in [0.5, 0.6) is 5.75 Å². The number of rotatable bonds is 4. The van der Waals surface area contributed by atoms with Crippen LogP contribution in [0.3, 0.4) is 0 Å². The van der Waals surface area contributed by atoms with Gasteiger partial charge in [-0.05, 0) is 61.9 Å². The molecule has 1 fully saturated rings. The van der Waals surface area contributed by atoms with E-state index in [0.29, 0.717) is 17.9 Å². The van der Waals surface area contributed by atoms with Crippen molar-refractivity contribution in [2.24, 2.45) is 0 Å². The Kier molecular flexibility index (Phi) is 4.27. The zero-order chi connectivity index (χ0) is 13.9. The first kappa shape index (κ1) is 13.9. The lowest BCUT2D eigenvalue weighted by Crippen LogP contribution is -2.41. The lowest BCUT2D eigenvalue weighted by molar-refractivity contribution is -0.0127. The molecule has 3 heteroatoms. The molecular weight excluding hydrogens is 250 g/mol. The van der Waals surface area contributed by atoms with Gasteiger partial charge in [0, 0.05) is 19.2 Å². The molecule has 2 unspecified atom stereocenters. The Hall–Kier alpha value is -1.06. The first-order valence-electron chi connectivity index (χ1n) is 7.95. The van der Waals surface area contributed by atoms with Gasteiger partial charge in [0.2, 0.25) is 0 Å². The maximum absolute atomic E-state index is 9.60. The summed E-state index contributed by atoms with van der Waals surface area (Å²) in [7, 11) is 0. The van der Waals surface area contributed by atoms with Crippen molar-refractivity contribution in [3.63, 3.8) is 0 Å². The van der Waals surface area contributed by atoms with E-state index >= 15 is 0 Å². The van der Waals surface area contributed by atoms with Gasteiger partial charge in [-0.15, -0.1) is 0 Å². The maximum atomic E-state index is 9.60. The molecule has 1 aromatic carbocycles. The van der Waals surface area contributed by atoms with Crippen molar-refractivity contribution in [2.75, 3.05) is 19.7 Å². The number of aryl methyl sites for hydroxylation is 1. The highest BCUT2D eigenvalue weighted by Crippen LogP contribution is 2.38. The lowest BCUT2D eigenvalue weighted by Gasteiger charge is -2.37. The molecule has 0 radical (unpaired) electrons. The quantitative estimate of drug-likeness (QED) is 0.915. The maximum Gasteiger partial charge on any atom is 0.115 e. The summed E-state index contributed by atoms with van der Waals surface area (Å²) >= 11 is 0. The molecule has 1 heterocycles. The highest BCUT2D eigenvalue weighted by atomic mass is 16.5. The summed E-state index contributed by atoms with van der Waals surface area (Å²) < 4.78 is 5.95. The highest BCUT2D eigenvalue weighted by Gasteiger charge is 2.31. The third kappa shape index (κ3) is 2.84. The molecule has 0 aromatic heterocycles. The van der Waals surface area contributed by atoms with Crippen molar-refractivity contribution in [2.45, 2.75) is 51.2 Å². The van der Waals surface area contributed by atoms with Gasteiger partial charge in [-0.1, -0.05) is 13.0 Å². The number of hydrogen-bond acceptors (Lipinski definition) is 3. The van der Waals surface area contributed by atoms with Crippen LogP contribution in [0.1, 0.15) is 49.8 Å². The van der Waals surface area contributed by atoms with Crippen molar-refractivity contribution in [3.05, 3.63) is 29.3 Å². The topological polar surface area (TPSA) is 32.7 Å². The average molecular weight is 275 g/mol. The molecule has 2 atom stereocenters. The minimum absolute atomic E-state index is 0.396. The molecule has 1 aliphatic carbocycles. The second-order valence-electron chi connectivity index (χ2n) is 6.07. The Bertz CT molecular complexity index is 460. The van der Waals surface area contributed by atoms with Gasteiger partial charge < -0.3 is 9.84 Å². The Labute approximate surface area is 121 Å². The second-order valence-corrected chi connectivity index (χ2v) is 6.07. The van der Waals surface area contributed by atoms with Gasteiger partial charge in [0.05, 0.1) is 6.10 Å². The molecule has 3 nitrogen and oxygen atoms in total. The number of piperidine rings is 1. The van der Waals surface area contributed by atoms with E-state index < -0.39 is 0 Å². The van der Waals surface area contributed by atoms with Gasteiger partial charge in [-0.2, -0.15) is 0 Å². The minimum Gasteiger partial charge on any atom is -0.508 e. The Morgan fingerprint density at radius 1 is 1.35 bits per heavy atom. The van der Waals surface area contributed by atoms with E-state index in [1.165, 1.54) is 36.9 Å². The lowest BCUT2D eigenvalue weighted by atomic mass is 10.0. The van der Waals surface area contributed by atoms with E-state index in [2.05, 4.69) is 17.9 Å². The average Bonchev–Trinajstić information content (AvgIpc) is 2.88. The number of benzene rings is 1. The van der Waals surface area contributed by atoms with Gasteiger partial charge in [-0.3, -0.25) is 4.90 Å². The van der Waals surface area contributed by atoms with Crippen LogP contribution in [0.2, 0.25) is 0 Å². The van der Waals surface area contributed by atoms with Gasteiger partial charge in [-0.25, -0.2) is 0 Å². The van der Waals surface area contributed by atoms with E-state index in [1.54, 1.807) is 0 Å². The molecule has 3 rings (SSSR count). The molecule has 1 aromatic rings. The number of nitrogens with zero attached hydrogens (tertiary/aromatic N) is 1. The fourth-order valence-electron chi connectivity index (χ4n) is 3.63. The number of fused-ring (bicyclic) bond motifs is 1. The van der Waals surface area contributed by atoms with Crippen LogP contribution in [0.25, 0.3) is 0 Å². The van der Waals surface area contributed by atoms with E-state index in [4.69, 9.17) is 4.74 Å². The minimum atomic E-state index is 0.396. The monoisotopic (exact) mass is 275 g/mol. The fraction of sp³-hybridized carbons (Fsp3) is 0.647. The predicted molar refractivity (Wildman–Crippen MR) is 80.0 cm³/mol. The van der Waals surface area contributed by atoms with Crippen LogP contribution < -0.4 is 0 Å². The van der Waals surface area contributed by atoms with Gasteiger partial charge >= 0.3 is 0 Å². The smallest absolute Gasteiger partial charge is 0.115 e. The molecule has 1 aliphatic heterocycles. The highest BCUT2D eigenvalue weighted by molar-refractivity contribution is 5.40. The summed E-state index contributed by atoms with van der Waals surface area (Å²) in [5.74, 6) is 0.396. The second kappa shape index (κ2) is 6.15. The Balaban J connectivity index is 1.68. The predicted octanol–water partition coefficient (Wildman–Crippen LogP) is 3.27. The van der Waals surface area contributed by atoms with Crippen molar-refractivity contribution >= 4 is 0 Å². The Morgan fingerprint density at radius 2 is 2.25 bits per heavy atom. The summed E-state index contributed by atoms with van der Waals surface area (Å²) in [6, 6.07) is 6.40. The van der Waals surface area contributed by atoms with Gasteiger partial charge in [0.25, 0.3) is 0 Å². The zero-order valence-electron chi connectivity index (χ0n) is 12.3. The molecule has 1 saturated heterocycles.